The number of hydrogen-bond donors (Lipinski definition) is 3. The van der Waals surface area contributed by atoms with Gasteiger partial charge in [0.2, 0.25) is 10.0 Å². The molecule has 1 aliphatic rings. The van der Waals surface area contributed by atoms with Crippen molar-refractivity contribution in [3.8, 4) is 0 Å². The van der Waals surface area contributed by atoms with Crippen LogP contribution in [-0.4, -0.2) is 30.7 Å². The molecule has 0 unspecified atom stereocenters. The fraction of sp³-hybridized carbons (Fsp3) is 0.611. The van der Waals surface area contributed by atoms with Gasteiger partial charge in [0.25, 0.3) is 0 Å². The molecule has 1 heterocycles. The summed E-state index contributed by atoms with van der Waals surface area (Å²) >= 11 is 0. The van der Waals surface area contributed by atoms with Crippen LogP contribution in [0.15, 0.2) is 27.4 Å². The van der Waals surface area contributed by atoms with Crippen molar-refractivity contribution in [2.75, 3.05) is 11.9 Å². The van der Waals surface area contributed by atoms with Crippen molar-refractivity contribution < 1.29 is 12.8 Å². The fourth-order valence-corrected chi connectivity index (χ4v) is 4.23. The van der Waals surface area contributed by atoms with Crippen LogP contribution in [0.2, 0.25) is 0 Å². The third-order valence-corrected chi connectivity index (χ3v) is 7.25. The lowest BCUT2D eigenvalue weighted by molar-refractivity contribution is 0.322. The van der Waals surface area contributed by atoms with E-state index in [0.29, 0.717) is 17.0 Å². The van der Waals surface area contributed by atoms with Gasteiger partial charge in [-0.15, -0.1) is 0 Å². The standard InChI is InChI=1S/C18H27N3O4S/c1-18(2,3)26(23,24)21-13-6-4-12(5-7-13)11-19-14-8-9-15-16(10-14)25-17(22)20-15/h8-10,12-13,19,21H,4-7,11H2,1-3H3,(H,20,22)/t12-,13-. The average Bonchev–Trinajstić information content (AvgIpc) is 2.92. The second-order valence-corrected chi connectivity index (χ2v) is 10.5. The van der Waals surface area contributed by atoms with E-state index >= 15 is 0 Å². The molecule has 2 aromatic rings. The molecule has 1 aromatic heterocycles. The van der Waals surface area contributed by atoms with E-state index in [1.807, 2.05) is 18.2 Å². The number of rotatable bonds is 5. The van der Waals surface area contributed by atoms with E-state index in [2.05, 4.69) is 15.0 Å². The number of oxazole rings is 1. The molecular weight excluding hydrogens is 354 g/mol. The molecule has 0 bridgehead atoms. The highest BCUT2D eigenvalue weighted by Crippen LogP contribution is 2.27. The molecule has 1 aliphatic carbocycles. The van der Waals surface area contributed by atoms with E-state index in [9.17, 15) is 13.2 Å². The molecule has 0 spiro atoms. The highest BCUT2D eigenvalue weighted by molar-refractivity contribution is 7.90. The summed E-state index contributed by atoms with van der Waals surface area (Å²) in [6.07, 6.45) is 3.67. The molecule has 8 heteroatoms. The van der Waals surface area contributed by atoms with Crippen molar-refractivity contribution in [3.05, 3.63) is 28.7 Å². The Morgan fingerprint density at radius 3 is 2.54 bits per heavy atom. The Morgan fingerprint density at radius 1 is 1.19 bits per heavy atom. The topological polar surface area (TPSA) is 104 Å². The Balaban J connectivity index is 1.50. The average molecular weight is 381 g/mol. The minimum Gasteiger partial charge on any atom is -0.408 e. The molecule has 1 saturated carbocycles. The van der Waals surface area contributed by atoms with Crippen molar-refractivity contribution in [1.29, 1.82) is 0 Å². The number of anilines is 1. The van der Waals surface area contributed by atoms with Gasteiger partial charge in [0.1, 0.15) is 0 Å². The van der Waals surface area contributed by atoms with Gasteiger partial charge in [-0.1, -0.05) is 0 Å². The van der Waals surface area contributed by atoms with E-state index in [-0.39, 0.29) is 6.04 Å². The van der Waals surface area contributed by atoms with Gasteiger partial charge in [0, 0.05) is 24.3 Å². The quantitative estimate of drug-likeness (QED) is 0.739. The normalized spacial score (nSPS) is 21.8. The molecule has 7 nitrogen and oxygen atoms in total. The number of aromatic nitrogens is 1. The lowest BCUT2D eigenvalue weighted by Gasteiger charge is -2.31. The Bertz CT molecular complexity index is 916. The third kappa shape index (κ3) is 4.29. The molecular formula is C18H27N3O4S. The van der Waals surface area contributed by atoms with Crippen LogP contribution in [0, 0.1) is 5.92 Å². The van der Waals surface area contributed by atoms with Crippen molar-refractivity contribution in [1.82, 2.24) is 9.71 Å². The summed E-state index contributed by atoms with van der Waals surface area (Å²) in [5, 5.41) is 3.39. The summed E-state index contributed by atoms with van der Waals surface area (Å²) in [6.45, 7) is 5.97. The van der Waals surface area contributed by atoms with Gasteiger partial charge < -0.3 is 9.73 Å². The van der Waals surface area contributed by atoms with Crippen LogP contribution in [0.4, 0.5) is 5.69 Å². The highest BCUT2D eigenvalue weighted by atomic mass is 32.2. The first-order chi connectivity index (χ1) is 12.1. The molecule has 3 rings (SSSR count). The summed E-state index contributed by atoms with van der Waals surface area (Å²) in [5.74, 6) is 0.0486. The van der Waals surface area contributed by atoms with Crippen LogP contribution >= 0.6 is 0 Å². The van der Waals surface area contributed by atoms with Gasteiger partial charge in [-0.05, 0) is 64.5 Å². The number of hydrogen-bond acceptors (Lipinski definition) is 5. The van der Waals surface area contributed by atoms with Crippen molar-refractivity contribution in [2.24, 2.45) is 5.92 Å². The van der Waals surface area contributed by atoms with Gasteiger partial charge in [-0.3, -0.25) is 4.98 Å². The van der Waals surface area contributed by atoms with Crippen LogP contribution in [0.1, 0.15) is 46.5 Å². The number of sulfonamides is 1. The SMILES string of the molecule is CC(C)(C)S(=O)(=O)N[C@H]1CC[C@H](CNc2ccc3[nH]c(=O)oc3c2)CC1. The molecule has 0 radical (unpaired) electrons. The number of H-pyrrole nitrogens is 1. The van der Waals surface area contributed by atoms with E-state index < -0.39 is 20.5 Å². The lowest BCUT2D eigenvalue weighted by atomic mass is 9.86. The first-order valence-electron chi connectivity index (χ1n) is 9.03. The molecule has 3 N–H and O–H groups in total. The van der Waals surface area contributed by atoms with Crippen LogP contribution in [0.3, 0.4) is 0 Å². The summed E-state index contributed by atoms with van der Waals surface area (Å²) in [7, 11) is -3.29. The number of nitrogens with one attached hydrogen (secondary N) is 3. The smallest absolute Gasteiger partial charge is 0.408 e. The molecule has 0 aliphatic heterocycles. The first-order valence-corrected chi connectivity index (χ1v) is 10.5. The van der Waals surface area contributed by atoms with Crippen molar-refractivity contribution >= 4 is 26.8 Å². The van der Waals surface area contributed by atoms with E-state index in [1.54, 1.807) is 20.8 Å². The second-order valence-electron chi connectivity index (χ2n) is 8.06. The molecule has 0 saturated heterocycles. The molecule has 0 atom stereocenters. The Kier molecular flexibility index (Phi) is 5.16. The van der Waals surface area contributed by atoms with Crippen LogP contribution in [-0.2, 0) is 10.0 Å². The summed E-state index contributed by atoms with van der Waals surface area (Å²) < 4.78 is 31.7. The van der Waals surface area contributed by atoms with Gasteiger partial charge in [0.05, 0.1) is 10.3 Å². The van der Waals surface area contributed by atoms with Crippen LogP contribution in [0.5, 0.6) is 0 Å². The zero-order valence-electron chi connectivity index (χ0n) is 15.5. The maximum Gasteiger partial charge on any atom is 0.417 e. The molecule has 1 fully saturated rings. The first kappa shape index (κ1) is 19.0. The zero-order valence-corrected chi connectivity index (χ0v) is 16.3. The van der Waals surface area contributed by atoms with E-state index in [1.165, 1.54) is 0 Å². The number of benzene rings is 1. The maximum atomic E-state index is 12.3. The van der Waals surface area contributed by atoms with Crippen molar-refractivity contribution in [3.63, 3.8) is 0 Å². The van der Waals surface area contributed by atoms with Crippen LogP contribution in [0.25, 0.3) is 11.1 Å². The fourth-order valence-electron chi connectivity index (χ4n) is 3.20. The minimum absolute atomic E-state index is 0.0287. The van der Waals surface area contributed by atoms with Crippen molar-refractivity contribution in [2.45, 2.75) is 57.2 Å². The molecule has 0 amide bonds. The Hall–Kier alpha value is -1.80. The predicted octanol–water partition coefficient (Wildman–Crippen LogP) is 2.81. The Morgan fingerprint density at radius 2 is 1.88 bits per heavy atom. The van der Waals surface area contributed by atoms with Gasteiger partial charge in [-0.25, -0.2) is 17.9 Å². The number of fused-ring (bicyclic) bond motifs is 1. The molecule has 144 valence electrons. The largest absolute Gasteiger partial charge is 0.417 e. The molecule has 26 heavy (non-hydrogen) atoms. The zero-order chi connectivity index (χ0) is 18.9. The second kappa shape index (κ2) is 7.08. The van der Waals surface area contributed by atoms with Gasteiger partial charge >= 0.3 is 5.76 Å². The number of aromatic amines is 1. The van der Waals surface area contributed by atoms with E-state index in [0.717, 1.165) is 37.9 Å². The Labute approximate surface area is 153 Å². The lowest BCUT2D eigenvalue weighted by Crippen LogP contribution is -2.46. The van der Waals surface area contributed by atoms with Gasteiger partial charge in [0.15, 0.2) is 5.58 Å². The summed E-state index contributed by atoms with van der Waals surface area (Å²) in [5.41, 5.74) is 2.14. The monoisotopic (exact) mass is 381 g/mol. The van der Waals surface area contributed by atoms with E-state index in [4.69, 9.17) is 4.42 Å². The summed E-state index contributed by atoms with van der Waals surface area (Å²) in [6, 6.07) is 5.58. The van der Waals surface area contributed by atoms with Crippen LogP contribution < -0.4 is 15.8 Å². The predicted molar refractivity (Wildman–Crippen MR) is 103 cm³/mol. The summed E-state index contributed by atoms with van der Waals surface area (Å²) in [4.78, 5) is 13.8. The van der Waals surface area contributed by atoms with Gasteiger partial charge in [-0.2, -0.15) is 0 Å². The third-order valence-electron chi connectivity index (χ3n) is 4.99. The minimum atomic E-state index is -3.29. The molecule has 1 aromatic carbocycles. The maximum absolute atomic E-state index is 12.3. The highest BCUT2D eigenvalue weighted by Gasteiger charge is 2.32.